The third-order valence-corrected chi connectivity index (χ3v) is 4.09. The Balaban J connectivity index is 1.64. The van der Waals surface area contributed by atoms with Crippen molar-refractivity contribution in [1.82, 2.24) is 9.88 Å². The van der Waals surface area contributed by atoms with Gasteiger partial charge in [-0.15, -0.1) is 0 Å². The topological polar surface area (TPSA) is 60.3 Å². The highest BCUT2D eigenvalue weighted by Gasteiger charge is 2.19. The molecule has 1 N–H and O–H groups in total. The van der Waals surface area contributed by atoms with Gasteiger partial charge in [0.2, 0.25) is 0 Å². The molecule has 0 fully saturated rings. The maximum Gasteiger partial charge on any atom is 0.294 e. The molecular weight excluding hydrogens is 328 g/mol. The summed E-state index contributed by atoms with van der Waals surface area (Å²) in [5, 5.41) is 2.69. The number of methoxy groups -OCH3 is 1. The molecule has 1 heterocycles. The predicted molar refractivity (Wildman–Crippen MR) is 99.8 cm³/mol. The first-order valence-electron chi connectivity index (χ1n) is 8.38. The van der Waals surface area contributed by atoms with Crippen LogP contribution in [0, 0.1) is 0 Å². The van der Waals surface area contributed by atoms with E-state index in [0.717, 1.165) is 17.0 Å². The van der Waals surface area contributed by atoms with E-state index in [4.69, 9.17) is 4.74 Å². The van der Waals surface area contributed by atoms with E-state index < -0.39 is 11.7 Å². The average Bonchev–Trinajstić information content (AvgIpc) is 3.18. The lowest BCUT2D eigenvalue weighted by Gasteiger charge is -2.10. The number of ketones is 1. The van der Waals surface area contributed by atoms with Gasteiger partial charge in [-0.2, -0.15) is 0 Å². The Hall–Kier alpha value is -3.34. The van der Waals surface area contributed by atoms with Crippen LogP contribution in [0.3, 0.4) is 0 Å². The Kier molecular flexibility index (Phi) is 5.49. The average molecular weight is 348 g/mol. The van der Waals surface area contributed by atoms with Gasteiger partial charge >= 0.3 is 0 Å². The van der Waals surface area contributed by atoms with Crippen molar-refractivity contribution in [1.29, 1.82) is 0 Å². The SMILES string of the molecule is COc1ccccc1CCNC(=O)C(=O)c1cccn1-c1ccccc1. The first-order chi connectivity index (χ1) is 12.7. The zero-order chi connectivity index (χ0) is 18.4. The molecule has 0 radical (unpaired) electrons. The molecule has 0 spiro atoms. The van der Waals surface area contributed by atoms with Crippen molar-refractivity contribution >= 4 is 11.7 Å². The molecular formula is C21H20N2O3. The van der Waals surface area contributed by atoms with Crippen molar-refractivity contribution in [2.75, 3.05) is 13.7 Å². The summed E-state index contributed by atoms with van der Waals surface area (Å²) in [6.07, 6.45) is 2.35. The Morgan fingerprint density at radius 1 is 0.962 bits per heavy atom. The monoisotopic (exact) mass is 348 g/mol. The van der Waals surface area contributed by atoms with Crippen LogP contribution in [0.1, 0.15) is 16.1 Å². The third kappa shape index (κ3) is 3.83. The summed E-state index contributed by atoms with van der Waals surface area (Å²) in [5.41, 5.74) is 2.16. The van der Waals surface area contributed by atoms with Crippen LogP contribution < -0.4 is 10.1 Å². The van der Waals surface area contributed by atoms with Crippen LogP contribution in [0.4, 0.5) is 0 Å². The molecule has 3 rings (SSSR count). The van der Waals surface area contributed by atoms with Gasteiger partial charge in [0, 0.05) is 18.4 Å². The fraction of sp³-hybridized carbons (Fsp3) is 0.143. The Bertz CT molecular complexity index is 900. The lowest BCUT2D eigenvalue weighted by Crippen LogP contribution is -2.33. The zero-order valence-corrected chi connectivity index (χ0v) is 14.5. The number of benzene rings is 2. The van der Waals surface area contributed by atoms with Crippen LogP contribution in [0.25, 0.3) is 5.69 Å². The minimum absolute atomic E-state index is 0.339. The fourth-order valence-corrected chi connectivity index (χ4v) is 2.80. The molecule has 1 aromatic heterocycles. The van der Waals surface area contributed by atoms with E-state index in [1.54, 1.807) is 30.0 Å². The van der Waals surface area contributed by atoms with Crippen molar-refractivity contribution in [3.8, 4) is 11.4 Å². The van der Waals surface area contributed by atoms with E-state index in [1.165, 1.54) is 0 Å². The zero-order valence-electron chi connectivity index (χ0n) is 14.5. The molecule has 0 unspecified atom stereocenters. The highest BCUT2D eigenvalue weighted by molar-refractivity contribution is 6.42. The number of amides is 1. The summed E-state index contributed by atoms with van der Waals surface area (Å²) in [5.74, 6) is -0.402. The molecule has 0 saturated carbocycles. The maximum atomic E-state index is 12.5. The van der Waals surface area contributed by atoms with Crippen molar-refractivity contribution in [3.63, 3.8) is 0 Å². The van der Waals surface area contributed by atoms with Gasteiger partial charge in [0.05, 0.1) is 12.8 Å². The number of rotatable bonds is 7. The number of hydrogen-bond donors (Lipinski definition) is 1. The van der Waals surface area contributed by atoms with Crippen molar-refractivity contribution in [3.05, 3.63) is 84.2 Å². The second kappa shape index (κ2) is 8.16. The normalized spacial score (nSPS) is 10.3. The number of nitrogens with one attached hydrogen (secondary N) is 1. The summed E-state index contributed by atoms with van der Waals surface area (Å²) in [4.78, 5) is 24.8. The number of ether oxygens (including phenoxy) is 1. The van der Waals surface area contributed by atoms with E-state index in [2.05, 4.69) is 5.32 Å². The van der Waals surface area contributed by atoms with Crippen LogP contribution in [0.5, 0.6) is 5.75 Å². The van der Waals surface area contributed by atoms with Gasteiger partial charge in [0.1, 0.15) is 5.75 Å². The van der Waals surface area contributed by atoms with Gasteiger partial charge in [-0.05, 0) is 42.3 Å². The molecule has 0 bridgehead atoms. The van der Waals surface area contributed by atoms with E-state index >= 15 is 0 Å². The maximum absolute atomic E-state index is 12.5. The summed E-state index contributed by atoms with van der Waals surface area (Å²) in [6.45, 7) is 0.358. The smallest absolute Gasteiger partial charge is 0.294 e. The number of para-hydroxylation sites is 2. The number of Topliss-reactive ketones (excluding diaryl/α,β-unsaturated/α-hetero) is 1. The summed E-state index contributed by atoms with van der Waals surface area (Å²) in [6, 6.07) is 20.5. The quantitative estimate of drug-likeness (QED) is 0.527. The highest BCUT2D eigenvalue weighted by atomic mass is 16.5. The molecule has 3 aromatic rings. The molecule has 1 amide bonds. The number of nitrogens with zero attached hydrogens (tertiary/aromatic N) is 1. The van der Waals surface area contributed by atoms with Crippen molar-refractivity contribution < 1.29 is 14.3 Å². The molecule has 0 saturated heterocycles. The summed E-state index contributed by atoms with van der Waals surface area (Å²) < 4.78 is 7.00. The molecule has 5 nitrogen and oxygen atoms in total. The predicted octanol–water partition coefficient (Wildman–Crippen LogP) is 3.03. The second-order valence-electron chi connectivity index (χ2n) is 5.75. The summed E-state index contributed by atoms with van der Waals surface area (Å²) >= 11 is 0. The lowest BCUT2D eigenvalue weighted by molar-refractivity contribution is -0.117. The van der Waals surface area contributed by atoms with E-state index in [1.807, 2.05) is 54.6 Å². The first kappa shape index (κ1) is 17.5. The third-order valence-electron chi connectivity index (χ3n) is 4.09. The van der Waals surface area contributed by atoms with Crippen LogP contribution in [0.15, 0.2) is 72.9 Å². The Labute approximate surface area is 152 Å². The molecule has 0 aliphatic heterocycles. The molecule has 0 aliphatic carbocycles. The van der Waals surface area contributed by atoms with Gasteiger partial charge < -0.3 is 14.6 Å². The van der Waals surface area contributed by atoms with Crippen LogP contribution >= 0.6 is 0 Å². The number of carbonyl (C=O) groups excluding carboxylic acids is 2. The first-order valence-corrected chi connectivity index (χ1v) is 8.38. The van der Waals surface area contributed by atoms with Crippen LogP contribution in [-0.2, 0) is 11.2 Å². The standard InChI is InChI=1S/C21H20N2O3/c1-26-19-12-6-5-8-16(19)13-14-22-21(25)20(24)18-11-7-15-23(18)17-9-3-2-4-10-17/h2-12,15H,13-14H2,1H3,(H,22,25). The van der Waals surface area contributed by atoms with E-state index in [0.29, 0.717) is 18.7 Å². The van der Waals surface area contributed by atoms with Crippen molar-refractivity contribution in [2.24, 2.45) is 0 Å². The van der Waals surface area contributed by atoms with Gasteiger partial charge in [-0.3, -0.25) is 9.59 Å². The van der Waals surface area contributed by atoms with Gasteiger partial charge in [0.15, 0.2) is 0 Å². The van der Waals surface area contributed by atoms with Crippen LogP contribution in [0.2, 0.25) is 0 Å². The van der Waals surface area contributed by atoms with Gasteiger partial charge in [0.25, 0.3) is 11.7 Å². The minimum Gasteiger partial charge on any atom is -0.496 e. The number of carbonyl (C=O) groups is 2. The van der Waals surface area contributed by atoms with Crippen LogP contribution in [-0.4, -0.2) is 29.9 Å². The number of hydrogen-bond acceptors (Lipinski definition) is 3. The Morgan fingerprint density at radius 3 is 2.46 bits per heavy atom. The molecule has 132 valence electrons. The summed E-state index contributed by atoms with van der Waals surface area (Å²) in [7, 11) is 1.61. The van der Waals surface area contributed by atoms with E-state index in [-0.39, 0.29) is 0 Å². The second-order valence-corrected chi connectivity index (χ2v) is 5.75. The Morgan fingerprint density at radius 2 is 1.69 bits per heavy atom. The highest BCUT2D eigenvalue weighted by Crippen LogP contribution is 2.17. The molecule has 26 heavy (non-hydrogen) atoms. The minimum atomic E-state index is -0.615. The fourth-order valence-electron chi connectivity index (χ4n) is 2.80. The lowest BCUT2D eigenvalue weighted by atomic mass is 10.1. The van der Waals surface area contributed by atoms with Crippen molar-refractivity contribution in [2.45, 2.75) is 6.42 Å². The molecule has 0 atom stereocenters. The number of aromatic nitrogens is 1. The van der Waals surface area contributed by atoms with Gasteiger partial charge in [-0.1, -0.05) is 36.4 Å². The molecule has 2 aromatic carbocycles. The van der Waals surface area contributed by atoms with E-state index in [9.17, 15) is 9.59 Å². The largest absolute Gasteiger partial charge is 0.496 e. The van der Waals surface area contributed by atoms with Gasteiger partial charge in [-0.25, -0.2) is 0 Å². The molecule has 0 aliphatic rings. The molecule has 5 heteroatoms.